The van der Waals surface area contributed by atoms with Crippen LogP contribution in [0.2, 0.25) is 0 Å². The molecule has 0 saturated heterocycles. The Labute approximate surface area is 154 Å². The predicted octanol–water partition coefficient (Wildman–Crippen LogP) is 3.90. The number of carbonyl (C=O) groups is 1. The average molecular weight is 358 g/mol. The lowest BCUT2D eigenvalue weighted by molar-refractivity contribution is -0.130. The van der Waals surface area contributed by atoms with Gasteiger partial charge >= 0.3 is 0 Å². The number of nitrogens with zero attached hydrogens (tertiary/aromatic N) is 1. The summed E-state index contributed by atoms with van der Waals surface area (Å²) in [5, 5.41) is 6.92. The van der Waals surface area contributed by atoms with E-state index in [9.17, 15) is 9.18 Å². The molecule has 5 rings (SSSR count). The van der Waals surface area contributed by atoms with Crippen LogP contribution >= 0.6 is 0 Å². The lowest BCUT2D eigenvalue weighted by Crippen LogP contribution is -2.56. The molecule has 1 amide bonds. The molecular weight excluding hydrogens is 331 g/mol. The van der Waals surface area contributed by atoms with Crippen molar-refractivity contribution in [3.8, 4) is 0 Å². The van der Waals surface area contributed by atoms with E-state index in [1.807, 2.05) is 0 Å². The van der Waals surface area contributed by atoms with Crippen LogP contribution in [0, 0.1) is 29.0 Å². The molecule has 1 atom stereocenters. The highest BCUT2D eigenvalue weighted by atomic mass is 19.1. The van der Waals surface area contributed by atoms with Crippen molar-refractivity contribution < 1.29 is 14.0 Å². The molecule has 4 saturated carbocycles. The van der Waals surface area contributed by atoms with Crippen molar-refractivity contribution in [3.63, 3.8) is 0 Å². The minimum Gasteiger partial charge on any atom is -0.386 e. The maximum absolute atomic E-state index is 13.1. The van der Waals surface area contributed by atoms with E-state index in [2.05, 4.69) is 17.4 Å². The molecule has 0 aromatic heterocycles. The smallest absolute Gasteiger partial charge is 0.261 e. The number of carbonyl (C=O) groups excluding carboxylic acids is 1. The molecule has 0 heterocycles. The number of halogens is 1. The average Bonchev–Trinajstić information content (AvgIpc) is 2.57. The second-order valence-corrected chi connectivity index (χ2v) is 8.63. The number of oxime groups is 1. The zero-order valence-corrected chi connectivity index (χ0v) is 15.3. The van der Waals surface area contributed by atoms with Gasteiger partial charge in [0.2, 0.25) is 0 Å². The first-order chi connectivity index (χ1) is 12.5. The fourth-order valence-electron chi connectivity index (χ4n) is 5.93. The summed E-state index contributed by atoms with van der Waals surface area (Å²) in [4.78, 5) is 17.3. The van der Waals surface area contributed by atoms with Gasteiger partial charge in [-0.2, -0.15) is 0 Å². The number of nitrogens with one attached hydrogen (secondary N) is 1. The van der Waals surface area contributed by atoms with Gasteiger partial charge in [0.25, 0.3) is 5.91 Å². The summed E-state index contributed by atoms with van der Waals surface area (Å²) >= 11 is 0. The van der Waals surface area contributed by atoms with Gasteiger partial charge in [-0.25, -0.2) is 4.39 Å². The van der Waals surface area contributed by atoms with Crippen LogP contribution in [0.3, 0.4) is 0 Å². The van der Waals surface area contributed by atoms with Crippen molar-refractivity contribution in [1.82, 2.24) is 5.32 Å². The molecule has 0 spiro atoms. The predicted molar refractivity (Wildman–Crippen MR) is 98.2 cm³/mol. The van der Waals surface area contributed by atoms with E-state index < -0.39 is 0 Å². The zero-order valence-electron chi connectivity index (χ0n) is 15.3. The monoisotopic (exact) mass is 358 g/mol. The first-order valence-electron chi connectivity index (χ1n) is 9.73. The van der Waals surface area contributed by atoms with Gasteiger partial charge in [0.1, 0.15) is 5.82 Å². The van der Waals surface area contributed by atoms with Crippen molar-refractivity contribution in [2.45, 2.75) is 51.5 Å². The third-order valence-corrected chi connectivity index (χ3v) is 6.70. The highest BCUT2D eigenvalue weighted by Crippen LogP contribution is 2.61. The summed E-state index contributed by atoms with van der Waals surface area (Å²) in [6.07, 6.45) is 9.41. The van der Waals surface area contributed by atoms with E-state index in [0.29, 0.717) is 5.56 Å². The molecule has 0 aliphatic heterocycles. The lowest BCUT2D eigenvalue weighted by atomic mass is 9.48. The van der Waals surface area contributed by atoms with Crippen LogP contribution in [0.15, 0.2) is 29.4 Å². The zero-order chi connectivity index (χ0) is 18.1. The van der Waals surface area contributed by atoms with Gasteiger partial charge in [0, 0.05) is 6.04 Å². The van der Waals surface area contributed by atoms with Crippen LogP contribution in [0.4, 0.5) is 4.39 Å². The maximum Gasteiger partial charge on any atom is 0.261 e. The van der Waals surface area contributed by atoms with E-state index in [0.717, 1.165) is 17.8 Å². The van der Waals surface area contributed by atoms with Crippen molar-refractivity contribution in [2.24, 2.45) is 28.3 Å². The normalized spacial score (nSPS) is 33.4. The molecule has 4 aliphatic carbocycles. The van der Waals surface area contributed by atoms with E-state index >= 15 is 0 Å². The molecule has 1 N–H and O–H groups in total. The first-order valence-corrected chi connectivity index (χ1v) is 9.73. The minimum atomic E-state index is -0.323. The fraction of sp³-hybridized carbons (Fsp3) is 0.619. The van der Waals surface area contributed by atoms with E-state index in [-0.39, 0.29) is 29.8 Å². The Balaban J connectivity index is 1.27. The van der Waals surface area contributed by atoms with Crippen LogP contribution in [-0.2, 0) is 9.63 Å². The summed E-state index contributed by atoms with van der Waals surface area (Å²) in [6, 6.07) is 6.25. The summed E-state index contributed by atoms with van der Waals surface area (Å²) in [6.45, 7) is 2.05. The molecule has 4 aliphatic rings. The van der Waals surface area contributed by atoms with Gasteiger partial charge in [0.15, 0.2) is 6.61 Å². The van der Waals surface area contributed by atoms with Crippen LogP contribution in [0.5, 0.6) is 0 Å². The SMILES string of the molecule is C[C@@H](NC(=O)CO/N=C\c1cccc(F)c1)C12CC3CC(CC(C3)C1)C2. The molecule has 140 valence electrons. The summed E-state index contributed by atoms with van der Waals surface area (Å²) < 4.78 is 13.1. The van der Waals surface area contributed by atoms with Gasteiger partial charge < -0.3 is 10.2 Å². The molecular formula is C21H27FN2O2. The molecule has 4 fully saturated rings. The van der Waals surface area contributed by atoms with Crippen LogP contribution < -0.4 is 5.32 Å². The molecule has 1 aromatic rings. The Hall–Kier alpha value is -1.91. The van der Waals surface area contributed by atoms with Crippen LogP contribution in [0.25, 0.3) is 0 Å². The van der Waals surface area contributed by atoms with Gasteiger partial charge in [-0.05, 0) is 86.3 Å². The van der Waals surface area contributed by atoms with Gasteiger partial charge in [-0.3, -0.25) is 4.79 Å². The molecule has 4 bridgehead atoms. The largest absolute Gasteiger partial charge is 0.386 e. The topological polar surface area (TPSA) is 50.7 Å². The summed E-state index contributed by atoms with van der Waals surface area (Å²) in [5.41, 5.74) is 0.891. The number of benzene rings is 1. The Morgan fingerprint density at radius 1 is 1.31 bits per heavy atom. The van der Waals surface area contributed by atoms with Gasteiger partial charge in [-0.15, -0.1) is 0 Å². The van der Waals surface area contributed by atoms with Gasteiger partial charge in [-0.1, -0.05) is 17.3 Å². The maximum atomic E-state index is 13.1. The number of hydrogen-bond acceptors (Lipinski definition) is 3. The number of rotatable bonds is 6. The highest BCUT2D eigenvalue weighted by Gasteiger charge is 2.53. The van der Waals surface area contributed by atoms with Crippen molar-refractivity contribution in [3.05, 3.63) is 35.6 Å². The van der Waals surface area contributed by atoms with Crippen LogP contribution in [0.1, 0.15) is 51.0 Å². The molecule has 0 radical (unpaired) electrons. The summed E-state index contributed by atoms with van der Waals surface area (Å²) in [5.74, 6) is 2.15. The molecule has 0 unspecified atom stereocenters. The molecule has 1 aromatic carbocycles. The third-order valence-electron chi connectivity index (χ3n) is 6.70. The Morgan fingerprint density at radius 2 is 1.96 bits per heavy atom. The fourth-order valence-corrected chi connectivity index (χ4v) is 5.93. The second-order valence-electron chi connectivity index (χ2n) is 8.63. The van der Waals surface area contributed by atoms with E-state index in [1.165, 1.54) is 56.9 Å². The lowest BCUT2D eigenvalue weighted by Gasteiger charge is -2.59. The van der Waals surface area contributed by atoms with Crippen LogP contribution in [-0.4, -0.2) is 24.8 Å². The minimum absolute atomic E-state index is 0.109. The van der Waals surface area contributed by atoms with Crippen molar-refractivity contribution in [2.75, 3.05) is 6.61 Å². The van der Waals surface area contributed by atoms with Gasteiger partial charge in [0.05, 0.1) is 6.21 Å². The highest BCUT2D eigenvalue weighted by molar-refractivity contribution is 5.79. The Kier molecular flexibility index (Phi) is 4.72. The Morgan fingerprint density at radius 3 is 2.58 bits per heavy atom. The quantitative estimate of drug-likeness (QED) is 0.619. The van der Waals surface area contributed by atoms with E-state index in [4.69, 9.17) is 4.84 Å². The molecule has 26 heavy (non-hydrogen) atoms. The van der Waals surface area contributed by atoms with Crippen molar-refractivity contribution >= 4 is 12.1 Å². The number of hydrogen-bond donors (Lipinski definition) is 1. The third kappa shape index (κ3) is 3.62. The second kappa shape index (κ2) is 7.01. The standard InChI is InChI=1S/C21H27FN2O2/c1-14(21-9-16-5-17(10-21)7-18(6-16)11-21)24-20(25)13-26-23-12-15-3-2-4-19(22)8-15/h2-4,8,12,14,16-18H,5-7,9-11,13H2,1H3,(H,24,25)/b23-12-/t14-,16?,17?,18?,21?/m1/s1. The Bertz CT molecular complexity index is 668. The summed E-state index contributed by atoms with van der Waals surface area (Å²) in [7, 11) is 0. The van der Waals surface area contributed by atoms with E-state index in [1.54, 1.807) is 12.1 Å². The first kappa shape index (κ1) is 17.5. The number of amides is 1. The van der Waals surface area contributed by atoms with Crippen molar-refractivity contribution in [1.29, 1.82) is 0 Å². The molecule has 5 heteroatoms. The molecule has 4 nitrogen and oxygen atoms in total.